The molecule has 2 heterocycles. The Bertz CT molecular complexity index is 545. The van der Waals surface area contributed by atoms with Crippen molar-refractivity contribution >= 4 is 11.8 Å². The molecule has 6 nitrogen and oxygen atoms in total. The van der Waals surface area contributed by atoms with Crippen LogP contribution < -0.4 is 5.32 Å². The number of pyridine rings is 1. The molecule has 1 N–H and O–H groups in total. The first-order valence-corrected chi connectivity index (χ1v) is 5.92. The monoisotopic (exact) mass is 258 g/mol. The fraction of sp³-hybridized carbons (Fsp3) is 0.231. The van der Waals surface area contributed by atoms with Gasteiger partial charge in [-0.2, -0.15) is 0 Å². The average Bonchev–Trinajstić information content (AvgIpc) is 2.47. The standard InChI is InChI=1S/C13H14N4O2/c1-2-19-13(18)11-4-3-6-15-12(11)16-8-10-5-7-14-9-17-10/h3-7,9H,2,8H2,1H3,(H,15,16). The maximum absolute atomic E-state index is 11.7. The highest BCUT2D eigenvalue weighted by molar-refractivity contribution is 5.94. The molecule has 0 aromatic carbocycles. The van der Waals surface area contributed by atoms with Gasteiger partial charge < -0.3 is 10.1 Å². The van der Waals surface area contributed by atoms with Crippen molar-refractivity contribution in [3.05, 3.63) is 48.2 Å². The van der Waals surface area contributed by atoms with Crippen LogP contribution in [0.5, 0.6) is 0 Å². The van der Waals surface area contributed by atoms with Crippen LogP contribution in [0.15, 0.2) is 36.9 Å². The Kier molecular flexibility index (Phi) is 4.39. The lowest BCUT2D eigenvalue weighted by Crippen LogP contribution is -2.11. The maximum Gasteiger partial charge on any atom is 0.341 e. The molecule has 98 valence electrons. The van der Waals surface area contributed by atoms with Gasteiger partial charge >= 0.3 is 5.97 Å². The molecule has 0 aliphatic rings. The first-order chi connectivity index (χ1) is 9.31. The van der Waals surface area contributed by atoms with E-state index < -0.39 is 0 Å². The summed E-state index contributed by atoms with van der Waals surface area (Å²) in [6, 6.07) is 5.16. The molecule has 0 spiro atoms. The van der Waals surface area contributed by atoms with E-state index in [1.165, 1.54) is 6.33 Å². The topological polar surface area (TPSA) is 77.0 Å². The van der Waals surface area contributed by atoms with E-state index in [4.69, 9.17) is 4.74 Å². The van der Waals surface area contributed by atoms with E-state index in [9.17, 15) is 4.79 Å². The van der Waals surface area contributed by atoms with Crippen LogP contribution in [0.4, 0.5) is 5.82 Å². The van der Waals surface area contributed by atoms with E-state index in [1.54, 1.807) is 37.5 Å². The van der Waals surface area contributed by atoms with E-state index in [-0.39, 0.29) is 5.97 Å². The van der Waals surface area contributed by atoms with Crippen molar-refractivity contribution in [1.82, 2.24) is 15.0 Å². The van der Waals surface area contributed by atoms with Gasteiger partial charge in [-0.15, -0.1) is 0 Å². The third-order valence-corrected chi connectivity index (χ3v) is 2.38. The van der Waals surface area contributed by atoms with Gasteiger partial charge in [0.15, 0.2) is 0 Å². The molecule has 0 atom stereocenters. The molecule has 0 saturated carbocycles. The van der Waals surface area contributed by atoms with Crippen LogP contribution in [0.2, 0.25) is 0 Å². The smallest absolute Gasteiger partial charge is 0.341 e. The van der Waals surface area contributed by atoms with E-state index in [1.807, 2.05) is 0 Å². The van der Waals surface area contributed by atoms with E-state index >= 15 is 0 Å². The molecule has 0 saturated heterocycles. The SMILES string of the molecule is CCOC(=O)c1cccnc1NCc1ccncn1. The van der Waals surface area contributed by atoms with Crippen LogP contribution in [-0.4, -0.2) is 27.5 Å². The summed E-state index contributed by atoms with van der Waals surface area (Å²) in [7, 11) is 0. The van der Waals surface area contributed by atoms with E-state index in [0.29, 0.717) is 24.5 Å². The van der Waals surface area contributed by atoms with Crippen molar-refractivity contribution in [3.8, 4) is 0 Å². The summed E-state index contributed by atoms with van der Waals surface area (Å²) in [5.74, 6) is 0.0975. The van der Waals surface area contributed by atoms with Crippen LogP contribution in [0.3, 0.4) is 0 Å². The Morgan fingerprint density at radius 1 is 1.32 bits per heavy atom. The van der Waals surface area contributed by atoms with Gasteiger partial charge in [-0.25, -0.2) is 19.7 Å². The van der Waals surface area contributed by atoms with Gasteiger partial charge in [0.2, 0.25) is 0 Å². The molecule has 2 aromatic rings. The van der Waals surface area contributed by atoms with Crippen molar-refractivity contribution in [2.24, 2.45) is 0 Å². The first kappa shape index (κ1) is 12.9. The van der Waals surface area contributed by atoms with Crippen LogP contribution >= 0.6 is 0 Å². The molecular weight excluding hydrogens is 244 g/mol. The van der Waals surface area contributed by atoms with Crippen molar-refractivity contribution < 1.29 is 9.53 Å². The number of hydrogen-bond donors (Lipinski definition) is 1. The fourth-order valence-corrected chi connectivity index (χ4v) is 1.52. The molecular formula is C13H14N4O2. The van der Waals surface area contributed by atoms with Crippen LogP contribution in [-0.2, 0) is 11.3 Å². The predicted molar refractivity (Wildman–Crippen MR) is 69.6 cm³/mol. The number of carbonyl (C=O) groups excluding carboxylic acids is 1. The van der Waals surface area contributed by atoms with Gasteiger partial charge in [0.05, 0.1) is 18.8 Å². The Hall–Kier alpha value is -2.50. The second-order valence-corrected chi connectivity index (χ2v) is 3.67. The zero-order valence-corrected chi connectivity index (χ0v) is 10.5. The van der Waals surface area contributed by atoms with Crippen LogP contribution in [0.1, 0.15) is 23.0 Å². The van der Waals surface area contributed by atoms with Gasteiger partial charge in [-0.05, 0) is 25.1 Å². The number of hydrogen-bond acceptors (Lipinski definition) is 6. The summed E-state index contributed by atoms with van der Waals surface area (Å²) in [6.07, 6.45) is 4.75. The molecule has 0 amide bonds. The zero-order chi connectivity index (χ0) is 13.5. The molecule has 0 bridgehead atoms. The quantitative estimate of drug-likeness (QED) is 0.822. The molecule has 19 heavy (non-hydrogen) atoms. The van der Waals surface area contributed by atoms with Gasteiger partial charge in [0.25, 0.3) is 0 Å². The highest BCUT2D eigenvalue weighted by Gasteiger charge is 2.12. The Balaban J connectivity index is 2.10. The average molecular weight is 258 g/mol. The Morgan fingerprint density at radius 2 is 2.21 bits per heavy atom. The molecule has 6 heteroatoms. The normalized spacial score (nSPS) is 9.95. The number of rotatable bonds is 5. The van der Waals surface area contributed by atoms with E-state index in [2.05, 4.69) is 20.3 Å². The second-order valence-electron chi connectivity index (χ2n) is 3.67. The summed E-state index contributed by atoms with van der Waals surface area (Å²) >= 11 is 0. The largest absolute Gasteiger partial charge is 0.462 e. The third kappa shape index (κ3) is 3.48. The van der Waals surface area contributed by atoms with E-state index in [0.717, 1.165) is 5.69 Å². The van der Waals surface area contributed by atoms with Gasteiger partial charge in [0.1, 0.15) is 17.7 Å². The lowest BCUT2D eigenvalue weighted by molar-refractivity contribution is 0.0527. The van der Waals surface area contributed by atoms with Crippen LogP contribution in [0.25, 0.3) is 0 Å². The molecule has 2 aromatic heterocycles. The number of anilines is 1. The highest BCUT2D eigenvalue weighted by atomic mass is 16.5. The molecule has 0 aliphatic heterocycles. The predicted octanol–water partition coefficient (Wildman–Crippen LogP) is 1.66. The minimum Gasteiger partial charge on any atom is -0.462 e. The fourth-order valence-electron chi connectivity index (χ4n) is 1.52. The molecule has 0 aliphatic carbocycles. The number of aromatic nitrogens is 3. The molecule has 0 unspecified atom stereocenters. The minimum atomic E-state index is -0.388. The maximum atomic E-state index is 11.7. The summed E-state index contributed by atoms with van der Waals surface area (Å²) in [6.45, 7) is 2.56. The Morgan fingerprint density at radius 3 is 2.95 bits per heavy atom. The lowest BCUT2D eigenvalue weighted by Gasteiger charge is -2.09. The summed E-state index contributed by atoms with van der Waals surface area (Å²) < 4.78 is 4.98. The number of ether oxygens (including phenoxy) is 1. The summed E-state index contributed by atoms with van der Waals surface area (Å²) in [5.41, 5.74) is 1.23. The van der Waals surface area contributed by atoms with Crippen molar-refractivity contribution in [2.75, 3.05) is 11.9 Å². The molecule has 0 fully saturated rings. The van der Waals surface area contributed by atoms with Crippen molar-refractivity contribution in [2.45, 2.75) is 13.5 Å². The number of nitrogens with zero attached hydrogens (tertiary/aromatic N) is 3. The van der Waals surface area contributed by atoms with Gasteiger partial charge in [-0.3, -0.25) is 0 Å². The number of esters is 1. The third-order valence-electron chi connectivity index (χ3n) is 2.38. The molecule has 2 rings (SSSR count). The first-order valence-electron chi connectivity index (χ1n) is 5.92. The number of nitrogens with one attached hydrogen (secondary N) is 1. The summed E-state index contributed by atoms with van der Waals surface area (Å²) in [4.78, 5) is 23.8. The zero-order valence-electron chi connectivity index (χ0n) is 10.5. The number of carbonyl (C=O) groups is 1. The highest BCUT2D eigenvalue weighted by Crippen LogP contribution is 2.13. The second kappa shape index (κ2) is 6.44. The minimum absolute atomic E-state index is 0.332. The lowest BCUT2D eigenvalue weighted by atomic mass is 10.2. The summed E-state index contributed by atoms with van der Waals surface area (Å²) in [5, 5.41) is 3.07. The Labute approximate surface area is 110 Å². The van der Waals surface area contributed by atoms with Crippen molar-refractivity contribution in [3.63, 3.8) is 0 Å². The molecule has 0 radical (unpaired) electrons. The van der Waals surface area contributed by atoms with Gasteiger partial charge in [0, 0.05) is 12.4 Å². The van der Waals surface area contributed by atoms with Crippen molar-refractivity contribution in [1.29, 1.82) is 0 Å². The van der Waals surface area contributed by atoms with Crippen LogP contribution in [0, 0.1) is 0 Å². The van der Waals surface area contributed by atoms with Gasteiger partial charge in [-0.1, -0.05) is 0 Å².